The van der Waals surface area contributed by atoms with Crippen LogP contribution in [0.5, 0.6) is 0 Å². The maximum Gasteiger partial charge on any atom is 0.318 e. The smallest absolute Gasteiger partial charge is 0.318 e. The van der Waals surface area contributed by atoms with Crippen LogP contribution in [0.4, 0.5) is 10.5 Å². The van der Waals surface area contributed by atoms with E-state index < -0.39 is 16.7 Å². The van der Waals surface area contributed by atoms with E-state index in [1.165, 1.54) is 4.90 Å². The summed E-state index contributed by atoms with van der Waals surface area (Å²) in [6.07, 6.45) is 0.497. The molecule has 0 aromatic heterocycles. The van der Waals surface area contributed by atoms with Gasteiger partial charge in [0.1, 0.15) is 10.7 Å². The van der Waals surface area contributed by atoms with Crippen LogP contribution in [0.15, 0.2) is 12.1 Å². The van der Waals surface area contributed by atoms with Crippen molar-refractivity contribution in [2.24, 2.45) is 5.73 Å². The second-order valence-corrected chi connectivity index (χ2v) is 5.37. The first-order valence-corrected chi connectivity index (χ1v) is 6.94. The Hall–Kier alpha value is -1.56. The number of thiol groups is 1. The molecule has 0 atom stereocenters. The van der Waals surface area contributed by atoms with Gasteiger partial charge in [0.25, 0.3) is 0 Å². The summed E-state index contributed by atoms with van der Waals surface area (Å²) in [4.78, 5) is 12.4. The van der Waals surface area contributed by atoms with Crippen molar-refractivity contribution in [3.05, 3.63) is 28.8 Å². The van der Waals surface area contributed by atoms with Gasteiger partial charge in [-0.25, -0.2) is 13.2 Å². The van der Waals surface area contributed by atoms with Gasteiger partial charge in [-0.15, -0.1) is 0 Å². The van der Waals surface area contributed by atoms with Gasteiger partial charge in [-0.2, -0.15) is 0 Å². The monoisotopic (exact) mass is 270 g/mol. The maximum atomic E-state index is 11.1. The summed E-state index contributed by atoms with van der Waals surface area (Å²) in [5, 5.41) is 0. The van der Waals surface area contributed by atoms with Gasteiger partial charge in [-0.1, -0.05) is 0 Å². The number of hydrogen-bond donors (Lipinski definition) is 2. The van der Waals surface area contributed by atoms with Crippen LogP contribution in [0.1, 0.15) is 16.7 Å². The molecule has 0 saturated heterocycles. The second-order valence-electron chi connectivity index (χ2n) is 4.26. The standard InChI is InChI=1S/C12H18N2O3S/c1-8-6-10(14(3)12(13)15)7-9(2)11(8)4-5-18(16)17/h6-7,18H,4-5H2,1-3H3,(H2,13,15). The molecule has 0 aliphatic rings. The van der Waals surface area contributed by atoms with Crippen LogP contribution in [0.25, 0.3) is 0 Å². The molecule has 2 amide bonds. The van der Waals surface area contributed by atoms with Gasteiger partial charge in [0.15, 0.2) is 0 Å². The van der Waals surface area contributed by atoms with Gasteiger partial charge in [-0.05, 0) is 49.1 Å². The fourth-order valence-corrected chi connectivity index (χ4v) is 2.30. The highest BCUT2D eigenvalue weighted by atomic mass is 32.2. The summed E-state index contributed by atoms with van der Waals surface area (Å²) in [7, 11) is -0.762. The summed E-state index contributed by atoms with van der Waals surface area (Å²) >= 11 is 0. The number of rotatable bonds is 4. The van der Waals surface area contributed by atoms with Crippen LogP contribution >= 0.6 is 0 Å². The molecule has 0 bridgehead atoms. The third-order valence-electron chi connectivity index (χ3n) is 2.94. The van der Waals surface area contributed by atoms with Crippen LogP contribution < -0.4 is 10.6 Å². The Kier molecular flexibility index (Phi) is 4.72. The zero-order chi connectivity index (χ0) is 13.9. The molecule has 0 radical (unpaired) electrons. The summed E-state index contributed by atoms with van der Waals surface area (Å²) < 4.78 is 21.3. The molecule has 6 heteroatoms. The van der Waals surface area contributed by atoms with E-state index in [1.54, 1.807) is 7.05 Å². The van der Waals surface area contributed by atoms with E-state index in [-0.39, 0.29) is 5.75 Å². The maximum absolute atomic E-state index is 11.1. The molecular weight excluding hydrogens is 252 g/mol. The van der Waals surface area contributed by atoms with Crippen molar-refractivity contribution in [3.8, 4) is 0 Å². The number of carbonyl (C=O) groups excluding carboxylic acids is 1. The minimum atomic E-state index is -2.36. The van der Waals surface area contributed by atoms with Gasteiger partial charge in [-0.3, -0.25) is 4.90 Å². The molecule has 2 N–H and O–H groups in total. The lowest BCUT2D eigenvalue weighted by molar-refractivity contribution is 0.255. The lowest BCUT2D eigenvalue weighted by atomic mass is 9.99. The molecule has 1 rings (SSSR count). The highest BCUT2D eigenvalue weighted by Crippen LogP contribution is 2.22. The Morgan fingerprint density at radius 2 is 1.78 bits per heavy atom. The number of aryl methyl sites for hydroxylation is 2. The molecular formula is C12H18N2O3S. The predicted molar refractivity (Wildman–Crippen MR) is 72.8 cm³/mol. The number of urea groups is 1. The Bertz CT molecular complexity index is 507. The van der Waals surface area contributed by atoms with Crippen molar-refractivity contribution in [1.82, 2.24) is 0 Å². The summed E-state index contributed by atoms with van der Waals surface area (Å²) in [6, 6.07) is 3.15. The molecule has 1 aromatic carbocycles. The van der Waals surface area contributed by atoms with Crippen molar-refractivity contribution in [3.63, 3.8) is 0 Å². The quantitative estimate of drug-likeness (QED) is 0.800. The van der Waals surface area contributed by atoms with Crippen molar-refractivity contribution in [2.45, 2.75) is 20.3 Å². The number of nitrogens with two attached hydrogens (primary N) is 1. The Morgan fingerprint density at radius 1 is 1.28 bits per heavy atom. The molecule has 0 fully saturated rings. The molecule has 0 heterocycles. The zero-order valence-corrected chi connectivity index (χ0v) is 11.7. The van der Waals surface area contributed by atoms with Crippen LogP contribution in [0.2, 0.25) is 0 Å². The molecule has 5 nitrogen and oxygen atoms in total. The van der Waals surface area contributed by atoms with E-state index in [0.717, 1.165) is 16.7 Å². The van der Waals surface area contributed by atoms with E-state index >= 15 is 0 Å². The largest absolute Gasteiger partial charge is 0.351 e. The lowest BCUT2D eigenvalue weighted by Crippen LogP contribution is -2.31. The van der Waals surface area contributed by atoms with Crippen LogP contribution in [-0.4, -0.2) is 27.2 Å². The molecule has 0 spiro atoms. The van der Waals surface area contributed by atoms with Crippen molar-refractivity contribution < 1.29 is 13.2 Å². The summed E-state index contributed by atoms with van der Waals surface area (Å²) in [5.41, 5.74) is 8.87. The van der Waals surface area contributed by atoms with E-state index in [2.05, 4.69) is 0 Å². The molecule has 0 saturated carbocycles. The normalized spacial score (nSPS) is 10.7. The van der Waals surface area contributed by atoms with Gasteiger partial charge in [0, 0.05) is 12.7 Å². The Morgan fingerprint density at radius 3 is 2.17 bits per heavy atom. The van der Waals surface area contributed by atoms with Gasteiger partial charge in [0.05, 0.1) is 5.75 Å². The van der Waals surface area contributed by atoms with Crippen molar-refractivity contribution >= 4 is 22.4 Å². The van der Waals surface area contributed by atoms with Crippen LogP contribution in [0.3, 0.4) is 0 Å². The van der Waals surface area contributed by atoms with E-state index in [9.17, 15) is 13.2 Å². The number of nitrogens with zero attached hydrogens (tertiary/aromatic N) is 1. The van der Waals surface area contributed by atoms with Crippen LogP contribution in [-0.2, 0) is 17.1 Å². The highest BCUT2D eigenvalue weighted by Gasteiger charge is 2.11. The van der Waals surface area contributed by atoms with Gasteiger partial charge >= 0.3 is 6.03 Å². The third-order valence-corrected chi connectivity index (χ3v) is 3.53. The minimum Gasteiger partial charge on any atom is -0.351 e. The van der Waals surface area contributed by atoms with Crippen molar-refractivity contribution in [1.29, 1.82) is 0 Å². The number of amides is 2. The molecule has 0 aliphatic heterocycles. The highest BCUT2D eigenvalue weighted by molar-refractivity contribution is 7.72. The molecule has 1 aromatic rings. The topological polar surface area (TPSA) is 80.5 Å². The van der Waals surface area contributed by atoms with E-state index in [1.807, 2.05) is 26.0 Å². The van der Waals surface area contributed by atoms with Crippen LogP contribution in [0, 0.1) is 13.8 Å². The Balaban J connectivity index is 3.08. The van der Waals surface area contributed by atoms with Crippen molar-refractivity contribution in [2.75, 3.05) is 17.7 Å². The zero-order valence-electron chi connectivity index (χ0n) is 10.8. The summed E-state index contributed by atoms with van der Waals surface area (Å²) in [5.74, 6) is 0.141. The average Bonchev–Trinajstić information content (AvgIpc) is 2.26. The van der Waals surface area contributed by atoms with Gasteiger partial charge in [0.2, 0.25) is 0 Å². The fourth-order valence-electron chi connectivity index (χ4n) is 1.89. The molecule has 0 unspecified atom stereocenters. The third kappa shape index (κ3) is 3.46. The molecule has 0 aliphatic carbocycles. The SMILES string of the molecule is Cc1cc(N(C)C(N)=O)cc(C)c1CC[SH](=O)=O. The van der Waals surface area contributed by atoms with E-state index in [4.69, 9.17) is 5.73 Å². The van der Waals surface area contributed by atoms with Gasteiger partial charge < -0.3 is 5.73 Å². The second kappa shape index (κ2) is 5.86. The lowest BCUT2D eigenvalue weighted by Gasteiger charge is -2.18. The fraction of sp³-hybridized carbons (Fsp3) is 0.417. The first-order chi connectivity index (χ1) is 8.32. The molecule has 18 heavy (non-hydrogen) atoms. The number of carbonyl (C=O) groups is 1. The average molecular weight is 270 g/mol. The Labute approximate surface area is 109 Å². The first-order valence-electron chi connectivity index (χ1n) is 5.58. The van der Waals surface area contributed by atoms with E-state index in [0.29, 0.717) is 12.1 Å². The molecule has 100 valence electrons. The number of anilines is 1. The minimum absolute atomic E-state index is 0.141. The predicted octanol–water partition coefficient (Wildman–Crippen LogP) is 0.972. The number of primary amides is 1. The first kappa shape index (κ1) is 14.5. The number of benzene rings is 1. The summed E-state index contributed by atoms with van der Waals surface area (Å²) in [6.45, 7) is 3.80. The number of hydrogen-bond acceptors (Lipinski definition) is 3.